The molecule has 0 radical (unpaired) electrons. The fourth-order valence-corrected chi connectivity index (χ4v) is 2.43. The van der Waals surface area contributed by atoms with Crippen molar-refractivity contribution in [3.05, 3.63) is 66.3 Å². The SMILES string of the molecule is Cn1ccc2cc([C@@H](O)CNC(=O)/C=C/c3ccco3)ccc21. The number of nitrogens with zero attached hydrogens (tertiary/aromatic N) is 1. The Balaban J connectivity index is 1.59. The average Bonchev–Trinajstić information content (AvgIpc) is 3.20. The molecule has 3 aromatic rings. The molecule has 0 unspecified atom stereocenters. The highest BCUT2D eigenvalue weighted by Gasteiger charge is 2.10. The lowest BCUT2D eigenvalue weighted by atomic mass is 10.1. The van der Waals surface area contributed by atoms with E-state index in [9.17, 15) is 9.90 Å². The first-order valence-corrected chi connectivity index (χ1v) is 7.36. The van der Waals surface area contributed by atoms with E-state index >= 15 is 0 Å². The molecule has 1 aromatic carbocycles. The minimum absolute atomic E-state index is 0.152. The third kappa shape index (κ3) is 3.52. The third-order valence-corrected chi connectivity index (χ3v) is 3.71. The zero-order valence-corrected chi connectivity index (χ0v) is 12.8. The molecule has 0 saturated carbocycles. The number of aromatic nitrogens is 1. The normalized spacial score (nSPS) is 12.8. The van der Waals surface area contributed by atoms with Gasteiger partial charge >= 0.3 is 0 Å². The summed E-state index contributed by atoms with van der Waals surface area (Å²) in [5.41, 5.74) is 1.88. The second-order valence-electron chi connectivity index (χ2n) is 5.35. The monoisotopic (exact) mass is 310 g/mol. The lowest BCUT2D eigenvalue weighted by Crippen LogP contribution is -2.26. The molecule has 0 spiro atoms. The summed E-state index contributed by atoms with van der Waals surface area (Å²) in [5, 5.41) is 14.0. The van der Waals surface area contributed by atoms with Crippen LogP contribution in [0.1, 0.15) is 17.4 Å². The van der Waals surface area contributed by atoms with E-state index in [1.807, 2.05) is 42.1 Å². The van der Waals surface area contributed by atoms with Crippen LogP contribution in [0.2, 0.25) is 0 Å². The highest BCUT2D eigenvalue weighted by Crippen LogP contribution is 2.20. The van der Waals surface area contributed by atoms with Gasteiger partial charge in [0.05, 0.1) is 12.4 Å². The molecular formula is C18H18N2O3. The molecule has 0 bridgehead atoms. The summed E-state index contributed by atoms with van der Waals surface area (Å²) in [5.74, 6) is 0.330. The third-order valence-electron chi connectivity index (χ3n) is 3.71. The Morgan fingerprint density at radius 1 is 1.39 bits per heavy atom. The van der Waals surface area contributed by atoms with Gasteiger partial charge in [0.15, 0.2) is 0 Å². The maximum atomic E-state index is 11.7. The number of amides is 1. The highest BCUT2D eigenvalue weighted by atomic mass is 16.3. The molecule has 1 atom stereocenters. The van der Waals surface area contributed by atoms with Gasteiger partial charge in [0.25, 0.3) is 0 Å². The largest absolute Gasteiger partial charge is 0.465 e. The van der Waals surface area contributed by atoms with Crippen molar-refractivity contribution in [3.8, 4) is 0 Å². The van der Waals surface area contributed by atoms with Crippen LogP contribution < -0.4 is 5.32 Å². The topological polar surface area (TPSA) is 67.4 Å². The van der Waals surface area contributed by atoms with Crippen molar-refractivity contribution in [2.24, 2.45) is 7.05 Å². The van der Waals surface area contributed by atoms with Gasteiger partial charge in [0, 0.05) is 31.4 Å². The zero-order valence-electron chi connectivity index (χ0n) is 12.8. The number of carbonyl (C=O) groups excluding carboxylic acids is 1. The molecule has 5 nitrogen and oxygen atoms in total. The number of carbonyl (C=O) groups is 1. The van der Waals surface area contributed by atoms with Crippen LogP contribution in [0.25, 0.3) is 17.0 Å². The summed E-state index contributed by atoms with van der Waals surface area (Å²) >= 11 is 0. The molecule has 2 aromatic heterocycles. The number of hydrogen-bond donors (Lipinski definition) is 2. The van der Waals surface area contributed by atoms with E-state index in [-0.39, 0.29) is 12.5 Å². The molecule has 1 amide bonds. The van der Waals surface area contributed by atoms with Gasteiger partial charge in [-0.15, -0.1) is 0 Å². The first-order chi connectivity index (χ1) is 11.1. The van der Waals surface area contributed by atoms with E-state index in [0.29, 0.717) is 5.76 Å². The molecule has 0 aliphatic heterocycles. The number of benzene rings is 1. The summed E-state index contributed by atoms with van der Waals surface area (Å²) in [6.07, 6.45) is 5.73. The number of aliphatic hydroxyl groups excluding tert-OH is 1. The minimum atomic E-state index is -0.749. The Kier molecular flexibility index (Phi) is 4.30. The summed E-state index contributed by atoms with van der Waals surface area (Å²) < 4.78 is 7.12. The highest BCUT2D eigenvalue weighted by molar-refractivity contribution is 5.91. The van der Waals surface area contributed by atoms with Crippen molar-refractivity contribution in [2.75, 3.05) is 6.54 Å². The number of hydrogen-bond acceptors (Lipinski definition) is 3. The lowest BCUT2D eigenvalue weighted by Gasteiger charge is -2.11. The summed E-state index contributed by atoms with van der Waals surface area (Å²) in [6.45, 7) is 0.152. The van der Waals surface area contributed by atoms with Gasteiger partial charge in [0.1, 0.15) is 5.76 Å². The smallest absolute Gasteiger partial charge is 0.244 e. The van der Waals surface area contributed by atoms with Crippen LogP contribution in [0.5, 0.6) is 0 Å². The Morgan fingerprint density at radius 3 is 3.04 bits per heavy atom. The maximum absolute atomic E-state index is 11.7. The van der Waals surface area contributed by atoms with Crippen molar-refractivity contribution in [1.82, 2.24) is 9.88 Å². The predicted molar refractivity (Wildman–Crippen MR) is 88.6 cm³/mol. The van der Waals surface area contributed by atoms with Gasteiger partial charge in [-0.05, 0) is 47.4 Å². The van der Waals surface area contributed by atoms with Gasteiger partial charge in [-0.2, -0.15) is 0 Å². The second-order valence-corrected chi connectivity index (χ2v) is 5.35. The number of fused-ring (bicyclic) bond motifs is 1. The van der Waals surface area contributed by atoms with E-state index in [1.165, 1.54) is 6.08 Å². The molecule has 2 N–H and O–H groups in total. The van der Waals surface area contributed by atoms with Gasteiger partial charge in [-0.25, -0.2) is 0 Å². The standard InChI is InChI=1S/C18H18N2O3/c1-20-9-8-13-11-14(4-6-16(13)20)17(21)12-19-18(22)7-5-15-3-2-10-23-15/h2-11,17,21H,12H2,1H3,(H,19,22)/b7-5+/t17-/m0/s1. The lowest BCUT2D eigenvalue weighted by molar-refractivity contribution is -0.116. The molecule has 0 aliphatic carbocycles. The van der Waals surface area contributed by atoms with Crippen LogP contribution in [0.15, 0.2) is 59.4 Å². The molecule has 5 heteroatoms. The number of furan rings is 1. The summed E-state index contributed by atoms with van der Waals surface area (Å²) in [4.78, 5) is 11.7. The van der Waals surface area contributed by atoms with Gasteiger partial charge < -0.3 is 19.4 Å². The number of aryl methyl sites for hydroxylation is 1. The van der Waals surface area contributed by atoms with Gasteiger partial charge in [0.2, 0.25) is 5.91 Å². The predicted octanol–water partition coefficient (Wildman–Crippen LogP) is 2.63. The quantitative estimate of drug-likeness (QED) is 0.712. The molecule has 23 heavy (non-hydrogen) atoms. The number of rotatable bonds is 5. The van der Waals surface area contributed by atoms with Gasteiger partial charge in [-0.1, -0.05) is 6.07 Å². The zero-order chi connectivity index (χ0) is 16.2. The Morgan fingerprint density at radius 2 is 2.26 bits per heavy atom. The molecule has 0 aliphatic rings. The average molecular weight is 310 g/mol. The second kappa shape index (κ2) is 6.54. The Hall–Kier alpha value is -2.79. The van der Waals surface area contributed by atoms with Crippen LogP contribution in [-0.2, 0) is 11.8 Å². The van der Waals surface area contributed by atoms with Crippen molar-refractivity contribution >= 4 is 22.9 Å². The maximum Gasteiger partial charge on any atom is 0.244 e. The molecule has 0 saturated heterocycles. The van der Waals surface area contributed by atoms with Crippen LogP contribution in [0.3, 0.4) is 0 Å². The van der Waals surface area contributed by atoms with Crippen LogP contribution in [0, 0.1) is 0 Å². The van der Waals surface area contributed by atoms with Crippen molar-refractivity contribution in [2.45, 2.75) is 6.10 Å². The fourth-order valence-electron chi connectivity index (χ4n) is 2.43. The molecular weight excluding hydrogens is 292 g/mol. The van der Waals surface area contributed by atoms with Crippen molar-refractivity contribution in [3.63, 3.8) is 0 Å². The fraction of sp³-hybridized carbons (Fsp3) is 0.167. The Bertz CT molecular complexity index is 831. The summed E-state index contributed by atoms with van der Waals surface area (Å²) in [7, 11) is 1.98. The van der Waals surface area contributed by atoms with Crippen LogP contribution in [0.4, 0.5) is 0 Å². The minimum Gasteiger partial charge on any atom is -0.465 e. The molecule has 118 valence electrons. The summed E-state index contributed by atoms with van der Waals surface area (Å²) in [6, 6.07) is 11.3. The van der Waals surface area contributed by atoms with Crippen LogP contribution in [-0.4, -0.2) is 22.1 Å². The molecule has 3 rings (SSSR count). The van der Waals surface area contributed by atoms with Crippen molar-refractivity contribution in [1.29, 1.82) is 0 Å². The van der Waals surface area contributed by atoms with Gasteiger partial charge in [-0.3, -0.25) is 4.79 Å². The Labute approximate surface area is 133 Å². The molecule has 0 fully saturated rings. The van der Waals surface area contributed by atoms with Crippen LogP contribution >= 0.6 is 0 Å². The first kappa shape index (κ1) is 15.1. The van der Waals surface area contributed by atoms with E-state index in [2.05, 4.69) is 5.32 Å². The van der Waals surface area contributed by atoms with E-state index in [4.69, 9.17) is 4.42 Å². The number of nitrogens with one attached hydrogen (secondary N) is 1. The van der Waals surface area contributed by atoms with E-state index in [0.717, 1.165) is 16.5 Å². The van der Waals surface area contributed by atoms with E-state index in [1.54, 1.807) is 24.5 Å². The van der Waals surface area contributed by atoms with E-state index < -0.39 is 6.10 Å². The number of aliphatic hydroxyl groups is 1. The molecule has 2 heterocycles. The van der Waals surface area contributed by atoms with Crippen molar-refractivity contribution < 1.29 is 14.3 Å². The first-order valence-electron chi connectivity index (χ1n) is 7.36.